The van der Waals surface area contributed by atoms with Gasteiger partial charge in [0.2, 0.25) is 0 Å². The summed E-state index contributed by atoms with van der Waals surface area (Å²) in [7, 11) is 0. The molecule has 0 radical (unpaired) electrons. The molecule has 2 aromatic heterocycles. The summed E-state index contributed by atoms with van der Waals surface area (Å²) in [5, 5.41) is 3.22. The first kappa shape index (κ1) is 31.7. The molecule has 0 N–H and O–H groups in total. The van der Waals surface area contributed by atoms with Crippen molar-refractivity contribution >= 4 is 43.6 Å². The highest BCUT2D eigenvalue weighted by Gasteiger charge is 2.39. The summed E-state index contributed by atoms with van der Waals surface area (Å²) in [5.74, 6) is 0. The molecule has 0 fully saturated rings. The van der Waals surface area contributed by atoms with Crippen LogP contribution < -0.4 is 0 Å². The molecule has 8 rings (SSSR count). The largest absolute Gasteiger partial charge is 0.418 e. The number of hydrogen-bond donors (Lipinski definition) is 0. The van der Waals surface area contributed by atoms with Gasteiger partial charge in [0.1, 0.15) is 0 Å². The van der Waals surface area contributed by atoms with E-state index in [1.165, 1.54) is 24.3 Å². The standard InChI is InChI=1S/C42H30F6N2/c1-23-9-13-35-29(17-23)30-18-24(2)10-14-36(30)49(35)39-22-27(28-7-5-6-8-33(28)41(43,44)45)21-34(42(46,47)48)40(39)50-37-15-11-25(3)19-31(37)32-20-26(4)12-16-38(32)50/h5-22H,1-4H3. The van der Waals surface area contributed by atoms with Gasteiger partial charge in [0.15, 0.2) is 0 Å². The van der Waals surface area contributed by atoms with E-state index >= 15 is 13.2 Å². The number of hydrogen-bond acceptors (Lipinski definition) is 0. The molecular weight excluding hydrogens is 646 g/mol. The third kappa shape index (κ3) is 4.96. The summed E-state index contributed by atoms with van der Waals surface area (Å²) in [6.07, 6.45) is -9.74. The summed E-state index contributed by atoms with van der Waals surface area (Å²) in [6.45, 7) is 7.75. The van der Waals surface area contributed by atoms with Crippen molar-refractivity contribution in [3.63, 3.8) is 0 Å². The second-order valence-corrected chi connectivity index (χ2v) is 13.2. The number of rotatable bonds is 3. The van der Waals surface area contributed by atoms with E-state index in [1.807, 2.05) is 100 Å². The fraction of sp³-hybridized carbons (Fsp3) is 0.143. The van der Waals surface area contributed by atoms with Gasteiger partial charge in [0.05, 0.1) is 44.6 Å². The Morgan fingerprint density at radius 3 is 1.24 bits per heavy atom. The van der Waals surface area contributed by atoms with Crippen LogP contribution in [0.4, 0.5) is 26.3 Å². The van der Waals surface area contributed by atoms with Crippen LogP contribution in [0.1, 0.15) is 33.4 Å². The molecule has 0 saturated carbocycles. The maximum atomic E-state index is 15.7. The minimum Gasteiger partial charge on any atom is -0.307 e. The van der Waals surface area contributed by atoms with E-state index in [-0.39, 0.29) is 22.5 Å². The van der Waals surface area contributed by atoms with Gasteiger partial charge in [-0.3, -0.25) is 0 Å². The highest BCUT2D eigenvalue weighted by atomic mass is 19.4. The Hall–Kier alpha value is -5.50. The fourth-order valence-electron chi connectivity index (χ4n) is 7.38. The molecule has 0 aliphatic rings. The van der Waals surface area contributed by atoms with Crippen LogP contribution in [0.2, 0.25) is 0 Å². The maximum Gasteiger partial charge on any atom is 0.418 e. The number of fused-ring (bicyclic) bond motifs is 6. The van der Waals surface area contributed by atoms with Crippen LogP contribution >= 0.6 is 0 Å². The number of benzene rings is 6. The molecule has 0 bridgehead atoms. The number of aromatic nitrogens is 2. The van der Waals surface area contributed by atoms with Crippen LogP contribution in [-0.2, 0) is 12.4 Å². The lowest BCUT2D eigenvalue weighted by Gasteiger charge is -2.24. The molecule has 0 spiro atoms. The topological polar surface area (TPSA) is 9.86 Å². The Bertz CT molecular complexity index is 2550. The molecule has 0 atom stereocenters. The van der Waals surface area contributed by atoms with E-state index in [2.05, 4.69) is 0 Å². The smallest absolute Gasteiger partial charge is 0.307 e. The van der Waals surface area contributed by atoms with Crippen molar-refractivity contribution in [2.45, 2.75) is 40.0 Å². The molecule has 250 valence electrons. The van der Waals surface area contributed by atoms with Crippen molar-refractivity contribution in [2.24, 2.45) is 0 Å². The first-order valence-electron chi connectivity index (χ1n) is 16.2. The predicted octanol–water partition coefficient (Wildman–Crippen LogP) is 12.8. The normalized spacial score (nSPS) is 12.6. The monoisotopic (exact) mass is 676 g/mol. The number of halogens is 6. The Kier molecular flexibility index (Phi) is 6.99. The minimum absolute atomic E-state index is 0.111. The summed E-state index contributed by atoms with van der Waals surface area (Å²) in [5.41, 5.74) is 3.58. The first-order chi connectivity index (χ1) is 23.7. The van der Waals surface area contributed by atoms with Gasteiger partial charge in [-0.1, -0.05) is 64.7 Å². The molecule has 50 heavy (non-hydrogen) atoms. The zero-order chi connectivity index (χ0) is 35.3. The van der Waals surface area contributed by atoms with Crippen LogP contribution in [0, 0.1) is 27.7 Å². The molecule has 0 amide bonds. The SMILES string of the molecule is Cc1ccc2c(c1)c1cc(C)ccc1n2-c1cc(-c2ccccc2C(F)(F)F)cc(C(F)(F)F)c1-n1c2ccc(C)cc2c2cc(C)ccc21. The van der Waals surface area contributed by atoms with Crippen molar-refractivity contribution in [1.82, 2.24) is 9.13 Å². The van der Waals surface area contributed by atoms with Gasteiger partial charge in [-0.2, -0.15) is 26.3 Å². The molecular formula is C42H30F6N2. The van der Waals surface area contributed by atoms with E-state index in [4.69, 9.17) is 0 Å². The molecule has 0 saturated heterocycles. The molecule has 2 nitrogen and oxygen atoms in total. The molecule has 6 aromatic carbocycles. The lowest BCUT2D eigenvalue weighted by atomic mass is 9.95. The quantitative estimate of drug-likeness (QED) is 0.165. The zero-order valence-electron chi connectivity index (χ0n) is 27.6. The van der Waals surface area contributed by atoms with Crippen LogP contribution in [-0.4, -0.2) is 9.13 Å². The lowest BCUT2D eigenvalue weighted by molar-refractivity contribution is -0.137. The van der Waals surface area contributed by atoms with Crippen LogP contribution in [0.3, 0.4) is 0 Å². The van der Waals surface area contributed by atoms with Gasteiger partial charge in [-0.05, 0) is 106 Å². The van der Waals surface area contributed by atoms with Gasteiger partial charge in [0.25, 0.3) is 0 Å². The number of alkyl halides is 6. The van der Waals surface area contributed by atoms with Gasteiger partial charge in [-0.25, -0.2) is 0 Å². The van der Waals surface area contributed by atoms with Crippen molar-refractivity contribution in [3.05, 3.63) is 143 Å². The minimum atomic E-state index is -4.95. The molecule has 0 aliphatic carbocycles. The predicted molar refractivity (Wildman–Crippen MR) is 190 cm³/mol. The Morgan fingerprint density at radius 2 is 0.820 bits per heavy atom. The van der Waals surface area contributed by atoms with Gasteiger partial charge >= 0.3 is 12.4 Å². The van der Waals surface area contributed by atoms with E-state index in [0.29, 0.717) is 22.1 Å². The van der Waals surface area contributed by atoms with Crippen molar-refractivity contribution < 1.29 is 26.3 Å². The second-order valence-electron chi connectivity index (χ2n) is 13.2. The van der Waals surface area contributed by atoms with Crippen LogP contribution in [0.15, 0.2) is 109 Å². The molecule has 8 heteroatoms. The average molecular weight is 677 g/mol. The third-order valence-electron chi connectivity index (χ3n) is 9.56. The summed E-state index contributed by atoms with van der Waals surface area (Å²) < 4.78 is 93.8. The van der Waals surface area contributed by atoms with Crippen molar-refractivity contribution in [1.29, 1.82) is 0 Å². The second kappa shape index (κ2) is 11.0. The summed E-state index contributed by atoms with van der Waals surface area (Å²) in [6, 6.07) is 29.9. The fourth-order valence-corrected chi connectivity index (χ4v) is 7.38. The summed E-state index contributed by atoms with van der Waals surface area (Å²) in [4.78, 5) is 0. The first-order valence-corrected chi connectivity index (χ1v) is 16.2. The summed E-state index contributed by atoms with van der Waals surface area (Å²) >= 11 is 0. The molecule has 2 heterocycles. The zero-order valence-corrected chi connectivity index (χ0v) is 27.6. The van der Waals surface area contributed by atoms with Crippen molar-refractivity contribution in [3.8, 4) is 22.5 Å². The highest BCUT2D eigenvalue weighted by molar-refractivity contribution is 6.12. The molecule has 0 unspecified atom stereocenters. The van der Waals surface area contributed by atoms with Gasteiger partial charge in [-0.15, -0.1) is 0 Å². The molecule has 8 aromatic rings. The van der Waals surface area contributed by atoms with Crippen molar-refractivity contribution in [2.75, 3.05) is 0 Å². The van der Waals surface area contributed by atoms with Crippen LogP contribution in [0.5, 0.6) is 0 Å². The number of nitrogens with zero attached hydrogens (tertiary/aromatic N) is 2. The van der Waals surface area contributed by atoms with Crippen LogP contribution in [0.25, 0.3) is 66.1 Å². The molecule has 0 aliphatic heterocycles. The van der Waals surface area contributed by atoms with Gasteiger partial charge in [0, 0.05) is 21.5 Å². The van der Waals surface area contributed by atoms with Gasteiger partial charge < -0.3 is 9.13 Å². The lowest BCUT2D eigenvalue weighted by Crippen LogP contribution is -2.15. The number of aryl methyl sites for hydroxylation is 4. The maximum absolute atomic E-state index is 15.7. The Balaban J connectivity index is 1.64. The Labute approximate surface area is 283 Å². The van der Waals surface area contributed by atoms with E-state index in [1.54, 1.807) is 9.13 Å². The van der Waals surface area contributed by atoms with E-state index in [9.17, 15) is 13.2 Å². The Morgan fingerprint density at radius 1 is 0.420 bits per heavy atom. The van der Waals surface area contributed by atoms with E-state index in [0.717, 1.165) is 55.9 Å². The highest BCUT2D eigenvalue weighted by Crippen LogP contribution is 2.47. The van der Waals surface area contributed by atoms with E-state index < -0.39 is 23.5 Å². The average Bonchev–Trinajstić information content (AvgIpc) is 3.54. The third-order valence-corrected chi connectivity index (χ3v) is 9.56.